The summed E-state index contributed by atoms with van der Waals surface area (Å²) in [7, 11) is 0. The SMILES string of the molecule is CCC(CC)(CNC(=O)c1cc(O)[nH]c(=O)c1)C(=O)O. The van der Waals surface area contributed by atoms with Crippen LogP contribution in [-0.2, 0) is 4.79 Å². The molecule has 0 aliphatic carbocycles. The lowest BCUT2D eigenvalue weighted by Gasteiger charge is -2.26. The van der Waals surface area contributed by atoms with Crippen LogP contribution < -0.4 is 10.9 Å². The molecule has 1 aromatic heterocycles. The highest BCUT2D eigenvalue weighted by Crippen LogP contribution is 2.25. The average molecular weight is 282 g/mol. The van der Waals surface area contributed by atoms with Crippen molar-refractivity contribution in [2.24, 2.45) is 5.41 Å². The van der Waals surface area contributed by atoms with E-state index in [1.54, 1.807) is 13.8 Å². The Bertz CT molecular complexity index is 560. The standard InChI is InChI=1S/C13H18N2O5/c1-3-13(4-2,12(19)20)7-14-11(18)8-5-9(16)15-10(17)6-8/h5-6H,3-4,7H2,1-2H3,(H,14,18)(H,19,20)(H2,15,16,17). The zero-order valence-corrected chi connectivity index (χ0v) is 11.4. The number of aliphatic carboxylic acids is 1. The molecule has 0 spiro atoms. The van der Waals surface area contributed by atoms with Gasteiger partial charge in [-0.25, -0.2) is 0 Å². The van der Waals surface area contributed by atoms with Gasteiger partial charge in [-0.05, 0) is 12.8 Å². The predicted octanol–water partition coefficient (Wildman–Crippen LogP) is 0.701. The van der Waals surface area contributed by atoms with Crippen LogP contribution >= 0.6 is 0 Å². The third-order valence-corrected chi connectivity index (χ3v) is 3.49. The number of aromatic hydroxyl groups is 1. The zero-order valence-electron chi connectivity index (χ0n) is 11.4. The van der Waals surface area contributed by atoms with E-state index in [0.29, 0.717) is 12.8 Å². The molecule has 0 aliphatic rings. The Morgan fingerprint density at radius 3 is 2.35 bits per heavy atom. The summed E-state index contributed by atoms with van der Waals surface area (Å²) < 4.78 is 0. The normalized spacial score (nSPS) is 11.1. The van der Waals surface area contributed by atoms with Gasteiger partial charge in [-0.2, -0.15) is 0 Å². The maximum atomic E-state index is 11.9. The van der Waals surface area contributed by atoms with Crippen molar-refractivity contribution in [2.45, 2.75) is 26.7 Å². The molecule has 0 aromatic carbocycles. The van der Waals surface area contributed by atoms with Crippen molar-refractivity contribution in [3.05, 3.63) is 28.0 Å². The Labute approximate surface area is 115 Å². The van der Waals surface area contributed by atoms with Gasteiger partial charge >= 0.3 is 5.97 Å². The molecule has 7 heteroatoms. The van der Waals surface area contributed by atoms with Crippen LogP contribution in [0.4, 0.5) is 0 Å². The number of carbonyl (C=O) groups excluding carboxylic acids is 1. The summed E-state index contributed by atoms with van der Waals surface area (Å²) in [5.41, 5.74) is -1.65. The van der Waals surface area contributed by atoms with Crippen LogP contribution in [-0.4, -0.2) is 33.6 Å². The van der Waals surface area contributed by atoms with Crippen molar-refractivity contribution in [1.29, 1.82) is 0 Å². The highest BCUT2D eigenvalue weighted by molar-refractivity contribution is 5.94. The van der Waals surface area contributed by atoms with Gasteiger partial charge < -0.3 is 15.5 Å². The molecule has 0 saturated carbocycles. The summed E-state index contributed by atoms with van der Waals surface area (Å²) >= 11 is 0. The molecule has 1 aromatic rings. The van der Waals surface area contributed by atoms with Gasteiger partial charge in [0, 0.05) is 18.7 Å². The van der Waals surface area contributed by atoms with Gasteiger partial charge in [-0.15, -0.1) is 0 Å². The lowest BCUT2D eigenvalue weighted by Crippen LogP contribution is -2.42. The monoisotopic (exact) mass is 282 g/mol. The number of aromatic amines is 1. The first-order valence-corrected chi connectivity index (χ1v) is 6.29. The highest BCUT2D eigenvalue weighted by Gasteiger charge is 2.35. The van der Waals surface area contributed by atoms with Gasteiger partial charge in [-0.3, -0.25) is 19.4 Å². The Hall–Kier alpha value is -2.31. The largest absolute Gasteiger partial charge is 0.494 e. The summed E-state index contributed by atoms with van der Waals surface area (Å²) in [6, 6.07) is 2.15. The summed E-state index contributed by atoms with van der Waals surface area (Å²) in [5, 5.41) is 21.0. The smallest absolute Gasteiger partial charge is 0.311 e. The summed E-state index contributed by atoms with van der Waals surface area (Å²) in [6.07, 6.45) is 0.749. The van der Waals surface area contributed by atoms with Crippen molar-refractivity contribution < 1.29 is 19.8 Å². The Morgan fingerprint density at radius 2 is 1.90 bits per heavy atom. The molecule has 0 radical (unpaired) electrons. The molecule has 0 saturated heterocycles. The molecular formula is C13H18N2O5. The van der Waals surface area contributed by atoms with Crippen LogP contribution in [0, 0.1) is 5.41 Å². The van der Waals surface area contributed by atoms with E-state index in [9.17, 15) is 24.6 Å². The first kappa shape index (κ1) is 15.7. The Morgan fingerprint density at radius 1 is 1.30 bits per heavy atom. The number of carboxylic acids is 1. The van der Waals surface area contributed by atoms with Gasteiger partial charge in [0.1, 0.15) is 0 Å². The zero-order chi connectivity index (χ0) is 15.3. The number of carbonyl (C=O) groups is 2. The Kier molecular flexibility index (Phi) is 4.90. The van der Waals surface area contributed by atoms with Gasteiger partial charge in [-0.1, -0.05) is 13.8 Å². The molecule has 1 heterocycles. The maximum Gasteiger partial charge on any atom is 0.311 e. The number of aromatic nitrogens is 1. The second kappa shape index (κ2) is 6.23. The summed E-state index contributed by atoms with van der Waals surface area (Å²) in [4.78, 5) is 36.4. The molecule has 0 atom stereocenters. The van der Waals surface area contributed by atoms with Crippen LogP contribution in [0.2, 0.25) is 0 Å². The minimum Gasteiger partial charge on any atom is -0.494 e. The molecule has 0 unspecified atom stereocenters. The average Bonchev–Trinajstić information content (AvgIpc) is 2.38. The van der Waals surface area contributed by atoms with Crippen LogP contribution in [0.1, 0.15) is 37.0 Å². The van der Waals surface area contributed by atoms with E-state index in [1.165, 1.54) is 0 Å². The van der Waals surface area contributed by atoms with E-state index in [0.717, 1.165) is 12.1 Å². The van der Waals surface area contributed by atoms with Gasteiger partial charge in [0.05, 0.1) is 11.0 Å². The molecule has 0 bridgehead atoms. The van der Waals surface area contributed by atoms with E-state index in [2.05, 4.69) is 10.3 Å². The van der Waals surface area contributed by atoms with Crippen LogP contribution in [0.25, 0.3) is 0 Å². The topological polar surface area (TPSA) is 119 Å². The number of nitrogens with one attached hydrogen (secondary N) is 2. The van der Waals surface area contributed by atoms with Crippen LogP contribution in [0.3, 0.4) is 0 Å². The van der Waals surface area contributed by atoms with Gasteiger partial charge in [0.25, 0.3) is 11.5 Å². The fraction of sp³-hybridized carbons (Fsp3) is 0.462. The fourth-order valence-corrected chi connectivity index (χ4v) is 1.89. The number of rotatable bonds is 6. The Balaban J connectivity index is 2.85. The molecule has 20 heavy (non-hydrogen) atoms. The number of H-pyrrole nitrogens is 1. The molecule has 1 rings (SSSR count). The maximum absolute atomic E-state index is 11.9. The molecule has 7 nitrogen and oxygen atoms in total. The van der Waals surface area contributed by atoms with Crippen LogP contribution in [0.5, 0.6) is 5.88 Å². The second-order valence-corrected chi connectivity index (χ2v) is 4.59. The minimum atomic E-state index is -1.03. The predicted molar refractivity (Wildman–Crippen MR) is 71.7 cm³/mol. The summed E-state index contributed by atoms with van der Waals surface area (Å²) in [6.45, 7) is 3.44. The molecule has 4 N–H and O–H groups in total. The molecule has 0 aliphatic heterocycles. The van der Waals surface area contributed by atoms with Crippen LogP contribution in [0.15, 0.2) is 16.9 Å². The van der Waals surface area contributed by atoms with Crippen molar-refractivity contribution in [1.82, 2.24) is 10.3 Å². The second-order valence-electron chi connectivity index (χ2n) is 4.59. The van der Waals surface area contributed by atoms with E-state index in [4.69, 9.17) is 0 Å². The van der Waals surface area contributed by atoms with E-state index >= 15 is 0 Å². The first-order chi connectivity index (χ1) is 9.34. The molecule has 0 fully saturated rings. The van der Waals surface area contributed by atoms with E-state index in [1.807, 2.05) is 0 Å². The quantitative estimate of drug-likeness (QED) is 0.612. The van der Waals surface area contributed by atoms with E-state index in [-0.39, 0.29) is 12.1 Å². The third-order valence-electron chi connectivity index (χ3n) is 3.49. The number of hydrogen-bond acceptors (Lipinski definition) is 4. The molecule has 110 valence electrons. The van der Waals surface area contributed by atoms with Crippen molar-refractivity contribution in [3.8, 4) is 5.88 Å². The van der Waals surface area contributed by atoms with Crippen molar-refractivity contribution in [3.63, 3.8) is 0 Å². The lowest BCUT2D eigenvalue weighted by atomic mass is 9.82. The number of carboxylic acid groups (broad SMARTS) is 1. The van der Waals surface area contributed by atoms with Crippen molar-refractivity contribution in [2.75, 3.05) is 6.54 Å². The van der Waals surface area contributed by atoms with Crippen molar-refractivity contribution >= 4 is 11.9 Å². The summed E-state index contributed by atoms with van der Waals surface area (Å²) in [5.74, 6) is -1.99. The molecule has 1 amide bonds. The molecular weight excluding hydrogens is 264 g/mol. The first-order valence-electron chi connectivity index (χ1n) is 6.29. The minimum absolute atomic E-state index is 0.0160. The van der Waals surface area contributed by atoms with E-state index < -0.39 is 28.7 Å². The lowest BCUT2D eigenvalue weighted by molar-refractivity contribution is -0.149. The third kappa shape index (κ3) is 3.37. The number of amides is 1. The number of pyridine rings is 1. The highest BCUT2D eigenvalue weighted by atomic mass is 16.4. The van der Waals surface area contributed by atoms with Gasteiger partial charge in [0.15, 0.2) is 5.88 Å². The number of hydrogen-bond donors (Lipinski definition) is 4. The fourth-order valence-electron chi connectivity index (χ4n) is 1.89. The van der Waals surface area contributed by atoms with Gasteiger partial charge in [0.2, 0.25) is 0 Å².